The number of carboxylic acids is 1. The van der Waals surface area contributed by atoms with Crippen molar-refractivity contribution in [2.24, 2.45) is 0 Å². The smallest absolute Gasteiger partial charge is 0.408 e. The van der Waals surface area contributed by atoms with Gasteiger partial charge < -0.3 is 20.3 Å². The van der Waals surface area contributed by atoms with Gasteiger partial charge in [-0.1, -0.05) is 6.07 Å². The molecule has 21 heavy (non-hydrogen) atoms. The van der Waals surface area contributed by atoms with Gasteiger partial charge in [-0.25, -0.2) is 14.6 Å². The van der Waals surface area contributed by atoms with Gasteiger partial charge in [0.05, 0.1) is 0 Å². The van der Waals surface area contributed by atoms with E-state index in [1.165, 1.54) is 6.07 Å². The van der Waals surface area contributed by atoms with E-state index < -0.39 is 35.8 Å². The first-order valence-electron chi connectivity index (χ1n) is 6.12. The summed E-state index contributed by atoms with van der Waals surface area (Å²) in [6, 6.07) is 0.511. The number of hydrogen-bond acceptors (Lipinski definition) is 5. The van der Waals surface area contributed by atoms with E-state index in [1.807, 2.05) is 0 Å². The van der Waals surface area contributed by atoms with Crippen molar-refractivity contribution in [1.82, 2.24) is 10.3 Å². The van der Waals surface area contributed by atoms with Crippen molar-refractivity contribution in [1.29, 1.82) is 0 Å². The van der Waals surface area contributed by atoms with E-state index in [-0.39, 0.29) is 5.56 Å². The monoisotopic (exact) mass is 300 g/mol. The van der Waals surface area contributed by atoms with E-state index in [0.29, 0.717) is 0 Å². The third-order valence-corrected chi connectivity index (χ3v) is 2.35. The summed E-state index contributed by atoms with van der Waals surface area (Å²) in [5.74, 6) is -2.23. The average molecular weight is 300 g/mol. The average Bonchev–Trinajstić information content (AvgIpc) is 2.33. The number of pyridine rings is 1. The van der Waals surface area contributed by atoms with Crippen LogP contribution < -0.4 is 5.32 Å². The fraction of sp³-hybridized carbons (Fsp3) is 0.462. The molecule has 0 aliphatic rings. The van der Waals surface area contributed by atoms with Crippen LogP contribution in [0.15, 0.2) is 18.3 Å². The number of aliphatic carboxylic acids is 1. The quantitative estimate of drug-likeness (QED) is 0.722. The van der Waals surface area contributed by atoms with Crippen LogP contribution in [0.4, 0.5) is 9.18 Å². The van der Waals surface area contributed by atoms with Crippen LogP contribution in [0.2, 0.25) is 0 Å². The van der Waals surface area contributed by atoms with Crippen LogP contribution in [0.1, 0.15) is 32.4 Å². The number of halogens is 1. The van der Waals surface area contributed by atoms with Gasteiger partial charge >= 0.3 is 12.1 Å². The molecule has 8 heteroatoms. The molecular formula is C13H17FN2O5. The van der Waals surface area contributed by atoms with Crippen LogP contribution in [-0.2, 0) is 9.53 Å². The Bertz CT molecular complexity index is 512. The highest BCUT2D eigenvalue weighted by atomic mass is 19.1. The first-order valence-corrected chi connectivity index (χ1v) is 6.12. The number of nitrogens with one attached hydrogen (secondary N) is 1. The van der Waals surface area contributed by atoms with Gasteiger partial charge in [0.25, 0.3) is 0 Å². The fourth-order valence-electron chi connectivity index (χ4n) is 1.46. The molecule has 0 unspecified atom stereocenters. The number of carbonyl (C=O) groups excluding carboxylic acids is 1. The SMILES string of the molecule is CC(C)(C)OC(=O)N[C@H](C(=O)O)[C@H](O)c1ccc(F)nc1. The molecule has 1 amide bonds. The number of ether oxygens (including phenoxy) is 1. The van der Waals surface area contributed by atoms with Gasteiger partial charge in [0, 0.05) is 11.8 Å². The highest BCUT2D eigenvalue weighted by Gasteiger charge is 2.31. The number of amides is 1. The van der Waals surface area contributed by atoms with Crippen molar-refractivity contribution in [3.63, 3.8) is 0 Å². The molecule has 0 radical (unpaired) electrons. The molecule has 1 aromatic heterocycles. The van der Waals surface area contributed by atoms with Crippen LogP contribution in [0, 0.1) is 5.95 Å². The zero-order valence-electron chi connectivity index (χ0n) is 11.8. The fourth-order valence-corrected chi connectivity index (χ4v) is 1.46. The second-order valence-corrected chi connectivity index (χ2v) is 5.32. The number of hydrogen-bond donors (Lipinski definition) is 3. The lowest BCUT2D eigenvalue weighted by molar-refractivity contribution is -0.142. The lowest BCUT2D eigenvalue weighted by Crippen LogP contribution is -2.46. The normalized spacial score (nSPS) is 14.1. The van der Waals surface area contributed by atoms with Crippen molar-refractivity contribution in [3.8, 4) is 0 Å². The van der Waals surface area contributed by atoms with Crippen molar-refractivity contribution >= 4 is 12.1 Å². The molecule has 116 valence electrons. The Morgan fingerprint density at radius 3 is 2.43 bits per heavy atom. The Hall–Kier alpha value is -2.22. The Balaban J connectivity index is 2.84. The summed E-state index contributed by atoms with van der Waals surface area (Å²) in [6.07, 6.45) is -1.58. The third kappa shape index (κ3) is 5.35. The molecule has 0 aliphatic carbocycles. The maximum absolute atomic E-state index is 12.7. The standard InChI is InChI=1S/C13H17FN2O5/c1-13(2,3)21-12(20)16-9(11(18)19)10(17)7-4-5-8(14)15-6-7/h4-6,9-10,17H,1-3H3,(H,16,20)(H,18,19)/t9-,10+/m0/s1. The molecular weight excluding hydrogens is 283 g/mol. The molecule has 1 rings (SSSR count). The third-order valence-electron chi connectivity index (χ3n) is 2.35. The predicted molar refractivity (Wildman–Crippen MR) is 69.9 cm³/mol. The molecule has 0 aromatic carbocycles. The molecule has 0 saturated carbocycles. The number of rotatable bonds is 4. The van der Waals surface area contributed by atoms with Gasteiger partial charge in [-0.3, -0.25) is 0 Å². The second-order valence-electron chi connectivity index (χ2n) is 5.32. The Kier molecular flexibility index (Phi) is 5.20. The Morgan fingerprint density at radius 2 is 2.00 bits per heavy atom. The zero-order valence-corrected chi connectivity index (χ0v) is 11.8. The first kappa shape index (κ1) is 16.8. The largest absolute Gasteiger partial charge is 0.480 e. The van der Waals surface area contributed by atoms with E-state index >= 15 is 0 Å². The van der Waals surface area contributed by atoms with Gasteiger partial charge in [0.15, 0.2) is 6.04 Å². The molecule has 0 spiro atoms. The lowest BCUT2D eigenvalue weighted by atomic mass is 10.0. The number of alkyl carbamates (subject to hydrolysis) is 1. The first-order chi connectivity index (χ1) is 9.60. The molecule has 3 N–H and O–H groups in total. The summed E-state index contributed by atoms with van der Waals surface area (Å²) in [5, 5.41) is 21.1. The van der Waals surface area contributed by atoms with Gasteiger partial charge in [-0.2, -0.15) is 4.39 Å². The number of nitrogens with zero attached hydrogens (tertiary/aromatic N) is 1. The van der Waals surface area contributed by atoms with Crippen LogP contribution in [0.5, 0.6) is 0 Å². The van der Waals surface area contributed by atoms with Gasteiger partial charge in [0.1, 0.15) is 11.7 Å². The minimum atomic E-state index is -1.65. The number of carboxylic acid groups (broad SMARTS) is 1. The number of aliphatic hydroxyl groups is 1. The maximum atomic E-state index is 12.7. The summed E-state index contributed by atoms with van der Waals surface area (Å²) in [4.78, 5) is 26.1. The minimum absolute atomic E-state index is 0.0554. The van der Waals surface area contributed by atoms with Crippen LogP contribution >= 0.6 is 0 Å². The summed E-state index contributed by atoms with van der Waals surface area (Å²) in [6.45, 7) is 4.84. The molecule has 0 bridgehead atoms. The van der Waals surface area contributed by atoms with E-state index in [0.717, 1.165) is 12.3 Å². The van der Waals surface area contributed by atoms with Crippen LogP contribution in [0.3, 0.4) is 0 Å². The zero-order chi connectivity index (χ0) is 16.2. The Labute approximate surface area is 120 Å². The summed E-state index contributed by atoms with van der Waals surface area (Å²) in [5.41, 5.74) is -0.755. The van der Waals surface area contributed by atoms with Gasteiger partial charge in [0.2, 0.25) is 5.95 Å². The van der Waals surface area contributed by atoms with Gasteiger partial charge in [-0.05, 0) is 26.8 Å². The summed E-state index contributed by atoms with van der Waals surface area (Å²) < 4.78 is 17.6. The van der Waals surface area contributed by atoms with E-state index in [1.54, 1.807) is 20.8 Å². The van der Waals surface area contributed by atoms with E-state index in [9.17, 15) is 19.1 Å². The molecule has 7 nitrogen and oxygen atoms in total. The van der Waals surface area contributed by atoms with Crippen molar-refractivity contribution in [2.45, 2.75) is 38.5 Å². The van der Waals surface area contributed by atoms with Crippen molar-refractivity contribution < 1.29 is 28.9 Å². The van der Waals surface area contributed by atoms with Crippen LogP contribution in [0.25, 0.3) is 0 Å². The predicted octanol–water partition coefficient (Wildman–Crippen LogP) is 1.23. The lowest BCUT2D eigenvalue weighted by Gasteiger charge is -2.24. The van der Waals surface area contributed by atoms with Crippen LogP contribution in [-0.4, -0.2) is 38.9 Å². The molecule has 0 fully saturated rings. The molecule has 2 atom stereocenters. The number of carbonyl (C=O) groups is 2. The minimum Gasteiger partial charge on any atom is -0.480 e. The number of aliphatic hydroxyl groups excluding tert-OH is 1. The second kappa shape index (κ2) is 6.49. The Morgan fingerprint density at radius 1 is 1.38 bits per heavy atom. The molecule has 1 aromatic rings. The van der Waals surface area contributed by atoms with Gasteiger partial charge in [-0.15, -0.1) is 0 Å². The maximum Gasteiger partial charge on any atom is 0.408 e. The van der Waals surface area contributed by atoms with E-state index in [4.69, 9.17) is 9.84 Å². The highest BCUT2D eigenvalue weighted by molar-refractivity contribution is 5.80. The summed E-state index contributed by atoms with van der Waals surface area (Å²) in [7, 11) is 0. The molecule has 0 saturated heterocycles. The number of aromatic nitrogens is 1. The van der Waals surface area contributed by atoms with E-state index in [2.05, 4.69) is 10.3 Å². The van der Waals surface area contributed by atoms with Crippen molar-refractivity contribution in [3.05, 3.63) is 29.8 Å². The summed E-state index contributed by atoms with van der Waals surface area (Å²) >= 11 is 0. The van der Waals surface area contributed by atoms with Crippen molar-refractivity contribution in [2.75, 3.05) is 0 Å². The molecule has 1 heterocycles. The highest BCUT2D eigenvalue weighted by Crippen LogP contribution is 2.17. The molecule has 0 aliphatic heterocycles. The topological polar surface area (TPSA) is 109 Å².